The van der Waals surface area contributed by atoms with E-state index in [1.165, 1.54) is 19.3 Å². The molecule has 0 spiro atoms. The molecule has 0 aliphatic heterocycles. The van der Waals surface area contributed by atoms with E-state index in [1.54, 1.807) is 0 Å². The van der Waals surface area contributed by atoms with E-state index in [9.17, 15) is 5.11 Å². The van der Waals surface area contributed by atoms with Crippen molar-refractivity contribution < 1.29 is 9.52 Å². The minimum absolute atomic E-state index is 0.125. The fraction of sp³-hybridized carbons (Fsp3) is 0.750. The fourth-order valence-corrected chi connectivity index (χ4v) is 3.37. The third-order valence-electron chi connectivity index (χ3n) is 4.96. The fourth-order valence-electron chi connectivity index (χ4n) is 3.37. The van der Waals surface area contributed by atoms with E-state index >= 15 is 0 Å². The molecule has 2 atom stereocenters. The number of hydrogen-bond acceptors (Lipinski definition) is 3. The maximum absolute atomic E-state index is 9.56. The van der Waals surface area contributed by atoms with Gasteiger partial charge in [0.2, 0.25) is 0 Å². The smallest absolute Gasteiger partial charge is 0.117 e. The number of furan rings is 1. The Balaban J connectivity index is 1.48. The largest absolute Gasteiger partial charge is 0.464 e. The third-order valence-corrected chi connectivity index (χ3v) is 4.96. The van der Waals surface area contributed by atoms with E-state index < -0.39 is 0 Å². The average molecular weight is 263 g/mol. The lowest BCUT2D eigenvalue weighted by Gasteiger charge is -2.26. The van der Waals surface area contributed by atoms with Crippen LogP contribution in [0.4, 0.5) is 0 Å². The van der Waals surface area contributed by atoms with Gasteiger partial charge in [-0.15, -0.1) is 0 Å². The quantitative estimate of drug-likeness (QED) is 0.829. The van der Waals surface area contributed by atoms with Gasteiger partial charge in [-0.3, -0.25) is 0 Å². The molecule has 3 heteroatoms. The van der Waals surface area contributed by atoms with Crippen molar-refractivity contribution in [3.63, 3.8) is 0 Å². The first-order valence-corrected chi connectivity index (χ1v) is 7.63. The lowest BCUT2D eigenvalue weighted by Crippen LogP contribution is -2.34. The Hall–Kier alpha value is -0.800. The zero-order valence-corrected chi connectivity index (χ0v) is 11.8. The zero-order valence-electron chi connectivity index (χ0n) is 11.8. The normalized spacial score (nSPS) is 28.7. The van der Waals surface area contributed by atoms with E-state index in [0.717, 1.165) is 43.4 Å². The van der Waals surface area contributed by atoms with E-state index in [-0.39, 0.29) is 5.41 Å². The van der Waals surface area contributed by atoms with Crippen LogP contribution in [0.15, 0.2) is 16.5 Å². The summed E-state index contributed by atoms with van der Waals surface area (Å²) >= 11 is 0. The molecule has 106 valence electrons. The van der Waals surface area contributed by atoms with Gasteiger partial charge in [0.15, 0.2) is 0 Å². The number of aliphatic hydroxyl groups is 1. The summed E-state index contributed by atoms with van der Waals surface area (Å²) < 4.78 is 5.88. The number of nitrogens with one attached hydrogen (secondary N) is 1. The summed E-state index contributed by atoms with van der Waals surface area (Å²) in [5.41, 5.74) is 0.125. The third kappa shape index (κ3) is 2.87. The second-order valence-electron chi connectivity index (χ2n) is 6.59. The van der Waals surface area contributed by atoms with Gasteiger partial charge in [-0.25, -0.2) is 0 Å². The second kappa shape index (κ2) is 5.29. The molecule has 2 fully saturated rings. The number of hydrogen-bond donors (Lipinski definition) is 2. The average Bonchev–Trinajstić information content (AvgIpc) is 2.87. The van der Waals surface area contributed by atoms with Crippen LogP contribution in [0.3, 0.4) is 0 Å². The Morgan fingerprint density at radius 1 is 1.37 bits per heavy atom. The lowest BCUT2D eigenvalue weighted by atomic mass is 9.87. The predicted octanol–water partition coefficient (Wildman–Crippen LogP) is 3.05. The Kier molecular flexibility index (Phi) is 3.68. The van der Waals surface area contributed by atoms with Gasteiger partial charge in [-0.05, 0) is 37.3 Å². The lowest BCUT2D eigenvalue weighted by molar-refractivity contribution is 0.127. The van der Waals surface area contributed by atoms with Crippen LogP contribution in [-0.4, -0.2) is 18.3 Å². The van der Waals surface area contributed by atoms with Crippen LogP contribution in [0.1, 0.15) is 56.5 Å². The number of rotatable bonds is 6. The highest BCUT2D eigenvalue weighted by Gasteiger charge is 2.36. The summed E-state index contributed by atoms with van der Waals surface area (Å²) in [7, 11) is 0. The molecule has 2 aliphatic rings. The maximum Gasteiger partial charge on any atom is 0.117 e. The summed E-state index contributed by atoms with van der Waals surface area (Å²) in [6.07, 6.45) is 6.09. The van der Waals surface area contributed by atoms with Gasteiger partial charge >= 0.3 is 0 Å². The molecule has 2 saturated carbocycles. The monoisotopic (exact) mass is 263 g/mol. The summed E-state index contributed by atoms with van der Waals surface area (Å²) in [6, 6.07) is 4.22. The van der Waals surface area contributed by atoms with Crippen molar-refractivity contribution in [1.82, 2.24) is 5.32 Å². The standard InChI is InChI=1S/C16H25NO2/c1-12-8-14(12)15-5-4-13(19-15)9-17-10-16(11-18)6-2-3-7-16/h4-5,12,14,17-18H,2-3,6-11H2,1H3. The molecule has 2 aliphatic carbocycles. The second-order valence-corrected chi connectivity index (χ2v) is 6.59. The SMILES string of the molecule is CC1CC1c1ccc(CNCC2(CO)CCCC2)o1. The number of aliphatic hydroxyl groups excluding tert-OH is 1. The van der Waals surface area contributed by atoms with Crippen LogP contribution in [0.25, 0.3) is 0 Å². The van der Waals surface area contributed by atoms with Gasteiger partial charge in [0, 0.05) is 24.5 Å². The first-order chi connectivity index (χ1) is 9.22. The van der Waals surface area contributed by atoms with Crippen LogP contribution in [0.5, 0.6) is 0 Å². The highest BCUT2D eigenvalue weighted by Crippen LogP contribution is 2.47. The van der Waals surface area contributed by atoms with E-state index in [2.05, 4.69) is 24.4 Å². The van der Waals surface area contributed by atoms with Crippen molar-refractivity contribution in [1.29, 1.82) is 0 Å². The topological polar surface area (TPSA) is 45.4 Å². The van der Waals surface area contributed by atoms with Gasteiger partial charge in [-0.2, -0.15) is 0 Å². The van der Waals surface area contributed by atoms with Crippen molar-refractivity contribution in [2.45, 2.75) is 51.5 Å². The molecule has 0 bridgehead atoms. The molecule has 0 amide bonds. The summed E-state index contributed by atoms with van der Waals surface area (Å²) in [5, 5.41) is 13.0. The molecule has 19 heavy (non-hydrogen) atoms. The molecule has 3 nitrogen and oxygen atoms in total. The molecule has 0 saturated heterocycles. The Labute approximate surface area is 115 Å². The molecule has 0 aromatic carbocycles. The highest BCUT2D eigenvalue weighted by molar-refractivity contribution is 5.17. The molecule has 3 rings (SSSR count). The van der Waals surface area contributed by atoms with Crippen molar-refractivity contribution >= 4 is 0 Å². The molecular weight excluding hydrogens is 238 g/mol. The maximum atomic E-state index is 9.56. The van der Waals surface area contributed by atoms with Gasteiger partial charge < -0.3 is 14.8 Å². The van der Waals surface area contributed by atoms with Gasteiger partial charge in [-0.1, -0.05) is 19.8 Å². The van der Waals surface area contributed by atoms with Crippen LogP contribution >= 0.6 is 0 Å². The van der Waals surface area contributed by atoms with Gasteiger partial charge in [0.25, 0.3) is 0 Å². The molecule has 1 aromatic heterocycles. The van der Waals surface area contributed by atoms with Gasteiger partial charge in [0.1, 0.15) is 11.5 Å². The molecule has 1 aromatic rings. The Morgan fingerprint density at radius 3 is 2.74 bits per heavy atom. The van der Waals surface area contributed by atoms with E-state index in [0.29, 0.717) is 12.5 Å². The van der Waals surface area contributed by atoms with Crippen LogP contribution in [0.2, 0.25) is 0 Å². The molecule has 0 radical (unpaired) electrons. The van der Waals surface area contributed by atoms with Crippen LogP contribution in [-0.2, 0) is 6.54 Å². The Bertz CT molecular complexity index is 420. The van der Waals surface area contributed by atoms with Crippen LogP contribution < -0.4 is 5.32 Å². The van der Waals surface area contributed by atoms with Crippen molar-refractivity contribution in [3.05, 3.63) is 23.7 Å². The molecule has 2 unspecified atom stereocenters. The van der Waals surface area contributed by atoms with Crippen molar-refractivity contribution in [2.75, 3.05) is 13.2 Å². The minimum atomic E-state index is 0.125. The first kappa shape index (κ1) is 13.2. The zero-order chi connectivity index (χ0) is 13.3. The summed E-state index contributed by atoms with van der Waals surface area (Å²) in [4.78, 5) is 0. The van der Waals surface area contributed by atoms with Gasteiger partial charge in [0.05, 0.1) is 6.54 Å². The van der Waals surface area contributed by atoms with Crippen molar-refractivity contribution in [2.24, 2.45) is 11.3 Å². The van der Waals surface area contributed by atoms with Crippen molar-refractivity contribution in [3.8, 4) is 0 Å². The Morgan fingerprint density at radius 2 is 2.11 bits per heavy atom. The van der Waals surface area contributed by atoms with Crippen LogP contribution in [0, 0.1) is 11.3 Å². The molecule has 2 N–H and O–H groups in total. The summed E-state index contributed by atoms with van der Waals surface area (Å²) in [6.45, 7) is 4.27. The summed E-state index contributed by atoms with van der Waals surface area (Å²) in [5.74, 6) is 3.64. The first-order valence-electron chi connectivity index (χ1n) is 7.63. The molecule has 1 heterocycles. The highest BCUT2D eigenvalue weighted by atomic mass is 16.3. The minimum Gasteiger partial charge on any atom is -0.464 e. The predicted molar refractivity (Wildman–Crippen MR) is 74.9 cm³/mol. The molecular formula is C16H25NO2. The van der Waals surface area contributed by atoms with E-state index in [4.69, 9.17) is 4.42 Å². The van der Waals surface area contributed by atoms with E-state index in [1.807, 2.05) is 0 Å².